The van der Waals surface area contributed by atoms with Crippen molar-refractivity contribution in [3.63, 3.8) is 0 Å². The fourth-order valence-corrected chi connectivity index (χ4v) is 4.94. The van der Waals surface area contributed by atoms with Crippen LogP contribution in [-0.2, 0) is 19.5 Å². The maximum Gasteiger partial charge on any atom is 0.223 e. The Hall–Kier alpha value is -3.64. The Kier molecular flexibility index (Phi) is 6.31. The first kappa shape index (κ1) is 23.1. The van der Waals surface area contributed by atoms with Gasteiger partial charge in [0, 0.05) is 56.6 Å². The summed E-state index contributed by atoms with van der Waals surface area (Å²) in [5.41, 5.74) is 11.0. The molecule has 182 valence electrons. The molecule has 0 amide bonds. The van der Waals surface area contributed by atoms with Gasteiger partial charge in [0.2, 0.25) is 5.95 Å². The lowest BCUT2D eigenvalue weighted by Gasteiger charge is -2.37. The quantitative estimate of drug-likeness (QED) is 0.606. The molecule has 2 aromatic heterocycles. The van der Waals surface area contributed by atoms with Crippen LogP contribution in [0.3, 0.4) is 0 Å². The van der Waals surface area contributed by atoms with Crippen LogP contribution in [0.4, 0.5) is 17.6 Å². The number of likely N-dealkylation sites (N-methyl/N-ethyl adjacent to an activating group) is 1. The number of anilines is 3. The number of nitrogens with two attached hydrogens (primary N) is 1. The first-order chi connectivity index (χ1) is 16.9. The van der Waals surface area contributed by atoms with Crippen LogP contribution in [-0.4, -0.2) is 63.9 Å². The van der Waals surface area contributed by atoms with Gasteiger partial charge in [-0.3, -0.25) is 4.68 Å². The third-order valence-electron chi connectivity index (χ3n) is 7.08. The Bertz CT molecular complexity index is 1240. The molecular formula is C26H33N9. The van der Waals surface area contributed by atoms with Crippen LogP contribution in [0.5, 0.6) is 0 Å². The Labute approximate surface area is 206 Å². The average Bonchev–Trinajstić information content (AvgIpc) is 3.31. The van der Waals surface area contributed by atoms with E-state index in [0.29, 0.717) is 18.5 Å². The van der Waals surface area contributed by atoms with Gasteiger partial charge in [0.05, 0.1) is 24.7 Å². The number of piperazine rings is 1. The SMILES string of the molecule is CC(C#N)Cn1cc(-c2ccc3c(c2)CN(c2cc(N4CCN(C)CC4)nc(N)n2)C(C)C3)cn1. The molecule has 0 spiro atoms. The maximum absolute atomic E-state index is 9.09. The van der Waals surface area contributed by atoms with Crippen LogP contribution in [0, 0.1) is 17.2 Å². The zero-order valence-corrected chi connectivity index (χ0v) is 20.7. The van der Waals surface area contributed by atoms with Gasteiger partial charge in [0.25, 0.3) is 0 Å². The number of fused-ring (bicyclic) bond motifs is 1. The minimum atomic E-state index is -0.0719. The van der Waals surface area contributed by atoms with Crippen molar-refractivity contribution in [1.82, 2.24) is 24.6 Å². The molecule has 1 saturated heterocycles. The number of nitrogens with zero attached hydrogens (tertiary/aromatic N) is 8. The van der Waals surface area contributed by atoms with Crippen LogP contribution < -0.4 is 15.5 Å². The van der Waals surface area contributed by atoms with E-state index in [9.17, 15) is 0 Å². The van der Waals surface area contributed by atoms with Gasteiger partial charge in [0.15, 0.2) is 0 Å². The summed E-state index contributed by atoms with van der Waals surface area (Å²) in [4.78, 5) is 16.1. The summed E-state index contributed by atoms with van der Waals surface area (Å²) < 4.78 is 1.85. The van der Waals surface area contributed by atoms with Crippen molar-refractivity contribution in [2.75, 3.05) is 48.8 Å². The van der Waals surface area contributed by atoms with Gasteiger partial charge in [-0.05, 0) is 50.1 Å². The molecule has 2 unspecified atom stereocenters. The van der Waals surface area contributed by atoms with E-state index >= 15 is 0 Å². The average molecular weight is 472 g/mol. The number of benzene rings is 1. The molecule has 9 nitrogen and oxygen atoms in total. The van der Waals surface area contributed by atoms with E-state index in [1.807, 2.05) is 24.0 Å². The van der Waals surface area contributed by atoms with Gasteiger partial charge in [0.1, 0.15) is 11.6 Å². The molecule has 0 aliphatic carbocycles. The topological polar surface area (TPSA) is 103 Å². The predicted octanol–water partition coefficient (Wildman–Crippen LogP) is 2.78. The van der Waals surface area contributed by atoms with E-state index in [-0.39, 0.29) is 5.92 Å². The smallest absolute Gasteiger partial charge is 0.223 e. The molecule has 1 fully saturated rings. The zero-order valence-electron chi connectivity index (χ0n) is 20.7. The second-order valence-corrected chi connectivity index (χ2v) is 9.88. The molecule has 2 atom stereocenters. The van der Waals surface area contributed by atoms with Gasteiger partial charge in [-0.2, -0.15) is 20.3 Å². The highest BCUT2D eigenvalue weighted by Gasteiger charge is 2.26. The van der Waals surface area contributed by atoms with E-state index in [1.54, 1.807) is 0 Å². The van der Waals surface area contributed by atoms with Crippen LogP contribution in [0.15, 0.2) is 36.7 Å². The van der Waals surface area contributed by atoms with Crippen LogP contribution in [0.1, 0.15) is 25.0 Å². The Morgan fingerprint density at radius 2 is 1.86 bits per heavy atom. The zero-order chi connectivity index (χ0) is 24.5. The predicted molar refractivity (Wildman–Crippen MR) is 138 cm³/mol. The Morgan fingerprint density at radius 1 is 1.09 bits per heavy atom. The summed E-state index contributed by atoms with van der Waals surface area (Å²) in [5, 5.41) is 13.5. The second kappa shape index (κ2) is 9.55. The van der Waals surface area contributed by atoms with Crippen LogP contribution in [0.25, 0.3) is 11.1 Å². The van der Waals surface area contributed by atoms with Crippen molar-refractivity contribution in [1.29, 1.82) is 5.26 Å². The van der Waals surface area contributed by atoms with Gasteiger partial charge in [-0.25, -0.2) is 0 Å². The van der Waals surface area contributed by atoms with Gasteiger partial charge in [-0.1, -0.05) is 12.1 Å². The first-order valence-electron chi connectivity index (χ1n) is 12.3. The monoisotopic (exact) mass is 471 g/mol. The third-order valence-corrected chi connectivity index (χ3v) is 7.08. The molecule has 2 aliphatic heterocycles. The molecule has 1 aromatic carbocycles. The number of hydrogen-bond donors (Lipinski definition) is 1. The molecule has 0 bridgehead atoms. The van der Waals surface area contributed by atoms with Gasteiger partial charge in [-0.15, -0.1) is 0 Å². The number of nitrogen functional groups attached to an aromatic ring is 1. The summed E-state index contributed by atoms with van der Waals surface area (Å²) in [5.74, 6) is 2.04. The van der Waals surface area contributed by atoms with Crippen molar-refractivity contribution in [2.45, 2.75) is 39.4 Å². The van der Waals surface area contributed by atoms with Crippen LogP contribution in [0.2, 0.25) is 0 Å². The standard InChI is InChI=1S/C26H33N9/c1-18(13-27)15-34-16-23(14-29-34)21-5-4-20-10-19(2)35(17-22(20)11-21)25-12-24(30-26(28)31-25)33-8-6-32(3)7-9-33/h4-5,11-12,14,16,18-19H,6-10,15,17H2,1-3H3,(H2,28,30,31). The maximum atomic E-state index is 9.09. The number of rotatable bonds is 5. The molecule has 2 N–H and O–H groups in total. The van der Waals surface area contributed by atoms with Crippen molar-refractivity contribution >= 4 is 17.6 Å². The molecule has 2 aliphatic rings. The normalized spacial score (nSPS) is 19.3. The molecule has 35 heavy (non-hydrogen) atoms. The molecule has 0 saturated carbocycles. The van der Waals surface area contributed by atoms with Crippen molar-refractivity contribution in [2.24, 2.45) is 5.92 Å². The third kappa shape index (κ3) is 4.93. The molecular weight excluding hydrogens is 438 g/mol. The second-order valence-electron chi connectivity index (χ2n) is 9.88. The molecule has 3 aromatic rings. The highest BCUT2D eigenvalue weighted by Crippen LogP contribution is 2.32. The van der Waals surface area contributed by atoms with Crippen LogP contribution >= 0.6 is 0 Å². The number of aromatic nitrogens is 4. The molecule has 9 heteroatoms. The summed E-state index contributed by atoms with van der Waals surface area (Å²) in [6, 6.07) is 11.3. The van der Waals surface area contributed by atoms with E-state index in [0.717, 1.165) is 61.9 Å². The minimum absolute atomic E-state index is 0.0719. The highest BCUT2D eigenvalue weighted by atomic mass is 15.3. The van der Waals surface area contributed by atoms with Crippen molar-refractivity contribution in [3.8, 4) is 17.2 Å². The lowest BCUT2D eigenvalue weighted by molar-refractivity contribution is 0.312. The van der Waals surface area contributed by atoms with E-state index in [4.69, 9.17) is 11.0 Å². The minimum Gasteiger partial charge on any atom is -0.368 e. The van der Waals surface area contributed by atoms with E-state index < -0.39 is 0 Å². The summed E-state index contributed by atoms with van der Waals surface area (Å²) in [6.07, 6.45) is 4.84. The highest BCUT2D eigenvalue weighted by molar-refractivity contribution is 5.65. The Morgan fingerprint density at radius 3 is 2.63 bits per heavy atom. The fraction of sp³-hybridized carbons (Fsp3) is 0.462. The molecule has 5 rings (SSSR count). The summed E-state index contributed by atoms with van der Waals surface area (Å²) in [6.45, 7) is 9.42. The van der Waals surface area contributed by atoms with E-state index in [2.05, 4.69) is 74.1 Å². The summed E-state index contributed by atoms with van der Waals surface area (Å²) >= 11 is 0. The Balaban J connectivity index is 1.39. The first-order valence-corrected chi connectivity index (χ1v) is 12.3. The van der Waals surface area contributed by atoms with Crippen molar-refractivity contribution in [3.05, 3.63) is 47.8 Å². The van der Waals surface area contributed by atoms with Gasteiger partial charge >= 0.3 is 0 Å². The van der Waals surface area contributed by atoms with Gasteiger partial charge < -0.3 is 20.4 Å². The van der Waals surface area contributed by atoms with E-state index in [1.165, 1.54) is 11.1 Å². The lowest BCUT2D eigenvalue weighted by Crippen LogP contribution is -2.45. The fourth-order valence-electron chi connectivity index (χ4n) is 4.94. The molecule has 4 heterocycles. The number of hydrogen-bond acceptors (Lipinski definition) is 8. The van der Waals surface area contributed by atoms with Crippen molar-refractivity contribution < 1.29 is 0 Å². The number of nitriles is 1. The molecule has 0 radical (unpaired) electrons. The lowest BCUT2D eigenvalue weighted by atomic mass is 9.92. The summed E-state index contributed by atoms with van der Waals surface area (Å²) in [7, 11) is 2.15. The largest absolute Gasteiger partial charge is 0.368 e.